The summed E-state index contributed by atoms with van der Waals surface area (Å²) in [6.07, 6.45) is 14.7. The molecular formula is C83H89BrClN11O7. The molecular weight excluding hydrogens is 1380 g/mol. The molecule has 5 unspecified atom stereocenters. The molecule has 0 bridgehead atoms. The van der Waals surface area contributed by atoms with Gasteiger partial charge in [0.15, 0.2) is 51.5 Å². The first-order valence-electron chi connectivity index (χ1n) is 34.7. The minimum Gasteiger partial charge on any atom is -0.444 e. The number of hydrogen-bond donors (Lipinski definition) is 2. The van der Waals surface area contributed by atoms with Crippen LogP contribution in [0.15, 0.2) is 119 Å². The van der Waals surface area contributed by atoms with E-state index in [1.54, 1.807) is 57.2 Å². The molecule has 6 aromatic carbocycles. The van der Waals surface area contributed by atoms with Crippen molar-refractivity contribution in [3.05, 3.63) is 254 Å². The highest BCUT2D eigenvalue weighted by Crippen LogP contribution is 2.44. The fraction of sp³-hybridized carbons (Fsp3) is 0.422. The lowest BCUT2D eigenvalue weighted by molar-refractivity contribution is -0.128. The van der Waals surface area contributed by atoms with Gasteiger partial charge >= 0.3 is 6.09 Å². The van der Waals surface area contributed by atoms with Crippen LogP contribution in [0.1, 0.15) is 216 Å². The number of Topliss-reactive ketones (excluding diaryl/α,β-unsaturated/α-hetero) is 5. The number of halogens is 2. The topological polar surface area (TPSA) is 225 Å². The van der Waals surface area contributed by atoms with Crippen LogP contribution in [0.5, 0.6) is 0 Å². The van der Waals surface area contributed by atoms with E-state index in [4.69, 9.17) is 67.0 Å². The van der Waals surface area contributed by atoms with Crippen LogP contribution in [0.4, 0.5) is 38.9 Å². The van der Waals surface area contributed by atoms with E-state index in [1.807, 2.05) is 114 Å². The molecule has 0 heterocycles. The summed E-state index contributed by atoms with van der Waals surface area (Å²) in [4.78, 5) is 95.8. The van der Waals surface area contributed by atoms with Gasteiger partial charge in [-0.15, -0.1) is 11.6 Å². The molecule has 20 heteroatoms. The zero-order valence-electron chi connectivity index (χ0n) is 60.3. The number of hydrogen-bond acceptors (Lipinski definition) is 9. The van der Waals surface area contributed by atoms with Crippen LogP contribution in [-0.4, -0.2) is 40.6 Å². The fourth-order valence-corrected chi connectivity index (χ4v) is 13.9. The lowest BCUT2D eigenvalue weighted by atomic mass is 9.75. The van der Waals surface area contributed by atoms with Crippen LogP contribution in [0.3, 0.4) is 0 Å². The Morgan fingerprint density at radius 2 is 0.913 bits per heavy atom. The van der Waals surface area contributed by atoms with E-state index < -0.39 is 33.2 Å². The minimum atomic E-state index is -1.11. The van der Waals surface area contributed by atoms with Crippen molar-refractivity contribution in [1.29, 1.82) is 0 Å². The third-order valence-corrected chi connectivity index (χ3v) is 20.6. The zero-order valence-corrected chi connectivity index (χ0v) is 62.7. The molecule has 0 aromatic heterocycles. The standard InChI is InChI=1S/C19H24N2O3.C14H14ClNO.C14H14N4O.C14H16N2O.C14H15NO.C8H6BrN/c1-13-9-10-14(12-15(13)20-5)19(11-7-6-8-16(19)22)21-17(23)24-18(2,3)4;1-10-6-7-11(9-12(10)16-2)14(15)8-4-3-5-13(14)17;1-10-6-7-11(9-12(10)16-2)14(17-18-15)8-4-3-5-13(14)19;1-10-6-7-11(9-12(10)16-2)14(15)8-4-3-5-13(14)17;1-10-7-8-11(9-13(10)15-2)12-5-3-4-6-14(12)16;1-6-3-4-7(9)5-8(6)10-2/h9-10,12H,6-8,11H2,1-4H3,(H,21,23);6-7,9H,3-5,8H2,1H3;6-7,9H,3-5,8H2,1H3;6-7,9H,3-5,8,15H2,1H3;7-9,12H,3-6H2,1H3;3-5H,1H3. The normalized spacial score (nSPS) is 21.1. The number of ketones is 5. The minimum absolute atomic E-state index is 0.0283. The Hall–Kier alpha value is -10.1. The van der Waals surface area contributed by atoms with Crippen molar-refractivity contribution in [3.8, 4) is 0 Å². The van der Waals surface area contributed by atoms with Crippen molar-refractivity contribution in [3.63, 3.8) is 0 Å². The Balaban J connectivity index is 0.000000197. The second-order valence-electron chi connectivity index (χ2n) is 27.8. The monoisotopic (exact) mass is 1470 g/mol. The number of aryl methyl sites for hydroxylation is 6. The predicted molar refractivity (Wildman–Crippen MR) is 408 cm³/mol. The highest BCUT2D eigenvalue weighted by atomic mass is 79.9. The van der Waals surface area contributed by atoms with E-state index in [9.17, 15) is 28.8 Å². The van der Waals surface area contributed by atoms with E-state index in [0.29, 0.717) is 103 Å². The van der Waals surface area contributed by atoms with Crippen LogP contribution in [-0.2, 0) is 50.2 Å². The van der Waals surface area contributed by atoms with E-state index in [2.05, 4.69) is 60.3 Å². The first-order valence-corrected chi connectivity index (χ1v) is 35.9. The SMILES string of the molecule is [C-]#[N+]c1cc(Br)ccc1C.[C-]#[N+]c1cc(C2(Cl)CCCCC2=O)ccc1C.[C-]#[N+]c1cc(C2(N)CCCCC2=O)ccc1C.[C-]#[N+]c1cc(C2(N=[N+]=[N-])CCCCC2=O)ccc1C.[C-]#[N+]c1cc(C2(NC(=O)OC(C)(C)C)CCCCC2=O)ccc1C.[C-]#[N+]c1cc(C2CCCCC2=O)ccc1C. The van der Waals surface area contributed by atoms with Gasteiger partial charge in [-0.05, 0) is 206 Å². The molecule has 3 N–H and O–H groups in total. The molecule has 5 aliphatic rings. The van der Waals surface area contributed by atoms with E-state index in [1.165, 1.54) is 0 Å². The Labute approximate surface area is 620 Å². The van der Waals surface area contributed by atoms with Crippen LogP contribution >= 0.6 is 27.5 Å². The van der Waals surface area contributed by atoms with Gasteiger partial charge in [-0.3, -0.25) is 24.0 Å². The van der Waals surface area contributed by atoms with Crippen LogP contribution in [0.2, 0.25) is 0 Å². The highest BCUT2D eigenvalue weighted by molar-refractivity contribution is 9.10. The summed E-state index contributed by atoms with van der Waals surface area (Å²) < 4.78 is 6.32. The van der Waals surface area contributed by atoms with Crippen LogP contribution < -0.4 is 11.1 Å². The van der Waals surface area contributed by atoms with Crippen molar-refractivity contribution < 1.29 is 33.5 Å². The molecule has 0 spiro atoms. The summed E-state index contributed by atoms with van der Waals surface area (Å²) in [6.45, 7) is 59.2. The van der Waals surface area contributed by atoms with Crippen molar-refractivity contribution >= 4 is 96.7 Å². The molecule has 6 aromatic rings. The van der Waals surface area contributed by atoms with Gasteiger partial charge < -0.3 is 15.8 Å². The van der Waals surface area contributed by atoms with Gasteiger partial charge in [-0.1, -0.05) is 150 Å². The molecule has 18 nitrogen and oxygen atoms in total. The van der Waals surface area contributed by atoms with Gasteiger partial charge in [0.25, 0.3) is 0 Å². The molecule has 1 amide bonds. The fourth-order valence-electron chi connectivity index (χ4n) is 13.2. The van der Waals surface area contributed by atoms with E-state index in [-0.39, 0.29) is 29.1 Å². The summed E-state index contributed by atoms with van der Waals surface area (Å²) in [5.74, 6) is 0.491. The van der Waals surface area contributed by atoms with Crippen LogP contribution in [0.25, 0.3) is 39.5 Å². The number of ether oxygens (including phenoxy) is 1. The molecule has 5 saturated carbocycles. The molecule has 532 valence electrons. The molecule has 5 atom stereocenters. The quantitative estimate of drug-likeness (QED) is 0.0513. The van der Waals surface area contributed by atoms with Gasteiger partial charge in [0.2, 0.25) is 0 Å². The molecule has 0 radical (unpaired) electrons. The smallest absolute Gasteiger partial charge is 0.408 e. The maximum absolute atomic E-state index is 12.8. The summed E-state index contributed by atoms with van der Waals surface area (Å²) in [5, 5.41) is 6.61. The maximum atomic E-state index is 12.8. The lowest BCUT2D eigenvalue weighted by Gasteiger charge is -2.37. The molecule has 103 heavy (non-hydrogen) atoms. The number of nitrogens with one attached hydrogen (secondary N) is 1. The number of amides is 1. The van der Waals surface area contributed by atoms with Crippen LogP contribution in [0, 0.1) is 81.0 Å². The number of benzene rings is 6. The first kappa shape index (κ1) is 81.9. The van der Waals surface area contributed by atoms with E-state index >= 15 is 0 Å². The molecule has 0 aliphatic heterocycles. The van der Waals surface area contributed by atoms with Gasteiger partial charge in [0.05, 0.1) is 45.0 Å². The number of rotatable bonds is 7. The number of carbonyl (C=O) groups excluding carboxylic acids is 6. The molecule has 11 rings (SSSR count). The van der Waals surface area contributed by atoms with Crippen molar-refractivity contribution in [2.75, 3.05) is 0 Å². The number of nitrogens with zero attached hydrogens (tertiary/aromatic N) is 9. The summed E-state index contributed by atoms with van der Waals surface area (Å²) in [6, 6.07) is 33.2. The Kier molecular flexibility index (Phi) is 29.6. The third-order valence-electron chi connectivity index (χ3n) is 19.5. The Bertz CT molecular complexity index is 4420. The van der Waals surface area contributed by atoms with Gasteiger partial charge in [0, 0.05) is 47.4 Å². The summed E-state index contributed by atoms with van der Waals surface area (Å²) >= 11 is 9.77. The second kappa shape index (κ2) is 37.2. The van der Waals surface area contributed by atoms with Gasteiger partial charge in [-0.2, -0.15) is 0 Å². The average molecular weight is 1470 g/mol. The third kappa shape index (κ3) is 20.8. The Morgan fingerprint density at radius 1 is 0.505 bits per heavy atom. The van der Waals surface area contributed by atoms with E-state index in [0.717, 1.165) is 131 Å². The number of azide groups is 1. The Morgan fingerprint density at radius 3 is 1.40 bits per heavy atom. The molecule has 5 aliphatic carbocycles. The first-order chi connectivity index (χ1) is 48.9. The number of carbonyl (C=O) groups is 6. The van der Waals surface area contributed by atoms with Crippen molar-refractivity contribution in [1.82, 2.24) is 5.32 Å². The molecule has 0 saturated heterocycles. The van der Waals surface area contributed by atoms with Gasteiger partial charge in [0.1, 0.15) is 33.1 Å². The van der Waals surface area contributed by atoms with Crippen molar-refractivity contribution in [2.24, 2.45) is 10.8 Å². The summed E-state index contributed by atoms with van der Waals surface area (Å²) in [7, 11) is 0. The largest absolute Gasteiger partial charge is 0.444 e. The lowest BCUT2D eigenvalue weighted by Crippen LogP contribution is -2.54. The second-order valence-corrected chi connectivity index (χ2v) is 29.4. The maximum Gasteiger partial charge on any atom is 0.408 e. The zero-order chi connectivity index (χ0) is 75.9. The number of alkyl halides is 1. The van der Waals surface area contributed by atoms with Crippen molar-refractivity contribution in [2.45, 2.75) is 224 Å². The highest BCUT2D eigenvalue weighted by Gasteiger charge is 2.45. The summed E-state index contributed by atoms with van der Waals surface area (Å²) in [5.41, 5.74) is 24.4. The number of nitrogens with two attached hydrogens (primary N) is 1. The van der Waals surface area contributed by atoms with Gasteiger partial charge in [-0.25, -0.2) is 33.9 Å². The average Bonchev–Trinajstić information content (AvgIpc) is 0.787. The number of alkyl carbamates (subject to hydrolysis) is 1. The molecule has 5 fully saturated rings. The predicted octanol–water partition coefficient (Wildman–Crippen LogP) is 22.7.